The zero-order valence-electron chi connectivity index (χ0n) is 15.4. The van der Waals surface area contributed by atoms with E-state index in [4.69, 9.17) is 4.74 Å². The Morgan fingerprint density at radius 2 is 2.16 bits per heavy atom. The van der Waals surface area contributed by atoms with Crippen LogP contribution in [0.5, 0.6) is 5.75 Å². The van der Waals surface area contributed by atoms with Gasteiger partial charge in [0.2, 0.25) is 0 Å². The number of benzene rings is 1. The number of aromatic nitrogens is 2. The third kappa shape index (κ3) is 3.85. The Morgan fingerprint density at radius 3 is 2.84 bits per heavy atom. The largest absolute Gasteiger partial charge is 0.497 e. The maximum Gasteiger partial charge on any atom is 0.136 e. The van der Waals surface area contributed by atoms with E-state index in [1.807, 2.05) is 6.20 Å². The van der Waals surface area contributed by atoms with Gasteiger partial charge in [-0.1, -0.05) is 13.8 Å². The van der Waals surface area contributed by atoms with E-state index in [1.165, 1.54) is 13.2 Å². The van der Waals surface area contributed by atoms with Crippen molar-refractivity contribution >= 4 is 0 Å². The van der Waals surface area contributed by atoms with Crippen LogP contribution in [0, 0.1) is 11.7 Å². The molecule has 2 heterocycles. The minimum Gasteiger partial charge on any atom is -0.497 e. The molecule has 2 aromatic rings. The van der Waals surface area contributed by atoms with Crippen LogP contribution in [0.4, 0.5) is 4.39 Å². The summed E-state index contributed by atoms with van der Waals surface area (Å²) in [6, 6.07) is 5.42. The van der Waals surface area contributed by atoms with Gasteiger partial charge >= 0.3 is 0 Å². The normalized spacial score (nSPS) is 19.5. The topological polar surface area (TPSA) is 44.4 Å². The standard InChI is InChI=1S/C19H27FN4O/c1-13(2)18-12-23(3)7-8-24(18)11-14-10-21-22-19(14)16-6-5-15(25-4)9-17(16)20/h5-6,9-10,13,18H,7-8,11-12H2,1-4H3,(H,21,22)/t18-/m1/s1. The molecule has 0 saturated carbocycles. The van der Waals surface area contributed by atoms with Crippen molar-refractivity contribution in [2.24, 2.45) is 5.92 Å². The first-order chi connectivity index (χ1) is 12.0. The molecule has 1 atom stereocenters. The molecular weight excluding hydrogens is 319 g/mol. The van der Waals surface area contributed by atoms with Gasteiger partial charge in [-0.3, -0.25) is 10.00 Å². The SMILES string of the molecule is COc1ccc(-c2[nH]ncc2CN2CCN(C)C[C@@H]2C(C)C)c(F)c1. The van der Waals surface area contributed by atoms with Gasteiger partial charge in [0.25, 0.3) is 0 Å². The molecule has 1 aromatic heterocycles. The summed E-state index contributed by atoms with van der Waals surface area (Å²) in [4.78, 5) is 4.86. The van der Waals surface area contributed by atoms with Crippen LogP contribution in [0.3, 0.4) is 0 Å². The molecule has 0 aliphatic carbocycles. The predicted molar refractivity (Wildman–Crippen MR) is 97.1 cm³/mol. The molecule has 0 spiro atoms. The first kappa shape index (κ1) is 17.9. The number of nitrogens with zero attached hydrogens (tertiary/aromatic N) is 3. The Kier molecular flexibility index (Phi) is 5.39. The molecule has 0 bridgehead atoms. The van der Waals surface area contributed by atoms with E-state index in [9.17, 15) is 4.39 Å². The number of ether oxygens (including phenoxy) is 1. The van der Waals surface area contributed by atoms with Crippen molar-refractivity contribution in [3.63, 3.8) is 0 Å². The van der Waals surface area contributed by atoms with Crippen molar-refractivity contribution in [2.75, 3.05) is 33.8 Å². The van der Waals surface area contributed by atoms with E-state index in [-0.39, 0.29) is 5.82 Å². The van der Waals surface area contributed by atoms with E-state index in [2.05, 4.69) is 40.9 Å². The summed E-state index contributed by atoms with van der Waals surface area (Å²) in [5.74, 6) is 0.778. The van der Waals surface area contributed by atoms with E-state index >= 15 is 0 Å². The van der Waals surface area contributed by atoms with E-state index in [0.717, 1.165) is 37.4 Å². The van der Waals surface area contributed by atoms with Crippen LogP contribution in [0.1, 0.15) is 19.4 Å². The highest BCUT2D eigenvalue weighted by molar-refractivity contribution is 5.64. The Morgan fingerprint density at radius 1 is 1.36 bits per heavy atom. The molecule has 6 heteroatoms. The lowest BCUT2D eigenvalue weighted by Gasteiger charge is -2.42. The number of hydrogen-bond acceptors (Lipinski definition) is 4. The highest BCUT2D eigenvalue weighted by Gasteiger charge is 2.28. The van der Waals surface area contributed by atoms with Crippen molar-refractivity contribution in [3.8, 4) is 17.0 Å². The maximum absolute atomic E-state index is 14.5. The van der Waals surface area contributed by atoms with Crippen molar-refractivity contribution in [2.45, 2.75) is 26.4 Å². The van der Waals surface area contributed by atoms with Gasteiger partial charge in [-0.2, -0.15) is 5.10 Å². The van der Waals surface area contributed by atoms with Crippen LogP contribution in [0.25, 0.3) is 11.3 Å². The van der Waals surface area contributed by atoms with Gasteiger partial charge < -0.3 is 9.64 Å². The van der Waals surface area contributed by atoms with Gasteiger partial charge in [0.05, 0.1) is 19.0 Å². The van der Waals surface area contributed by atoms with Crippen LogP contribution in [0.15, 0.2) is 24.4 Å². The molecule has 1 aliphatic rings. The quantitative estimate of drug-likeness (QED) is 0.904. The number of halogens is 1. The zero-order chi connectivity index (χ0) is 18.0. The van der Waals surface area contributed by atoms with Gasteiger partial charge in [-0.25, -0.2) is 4.39 Å². The minimum atomic E-state index is -0.302. The average Bonchev–Trinajstić information content (AvgIpc) is 3.04. The van der Waals surface area contributed by atoms with Crippen LogP contribution >= 0.6 is 0 Å². The molecule has 0 radical (unpaired) electrons. The second kappa shape index (κ2) is 7.54. The molecule has 1 saturated heterocycles. The minimum absolute atomic E-state index is 0.302. The third-order valence-corrected chi connectivity index (χ3v) is 5.04. The molecule has 0 unspecified atom stereocenters. The summed E-state index contributed by atoms with van der Waals surface area (Å²) >= 11 is 0. The number of nitrogens with one attached hydrogen (secondary N) is 1. The highest BCUT2D eigenvalue weighted by Crippen LogP contribution is 2.29. The maximum atomic E-state index is 14.5. The number of rotatable bonds is 5. The predicted octanol–water partition coefficient (Wildman–Crippen LogP) is 3.00. The van der Waals surface area contributed by atoms with Crippen LogP contribution in [0.2, 0.25) is 0 Å². The van der Waals surface area contributed by atoms with E-state index in [0.29, 0.717) is 23.3 Å². The van der Waals surface area contributed by atoms with Crippen molar-refractivity contribution in [3.05, 3.63) is 35.8 Å². The first-order valence-electron chi connectivity index (χ1n) is 8.78. The fourth-order valence-corrected chi connectivity index (χ4v) is 3.53. The summed E-state index contributed by atoms with van der Waals surface area (Å²) < 4.78 is 19.6. The molecular formula is C19H27FN4O. The van der Waals surface area contributed by atoms with Crippen molar-refractivity contribution < 1.29 is 9.13 Å². The molecule has 1 aliphatic heterocycles. The smallest absolute Gasteiger partial charge is 0.136 e. The number of piperazine rings is 1. The average molecular weight is 346 g/mol. The van der Waals surface area contributed by atoms with E-state index in [1.54, 1.807) is 12.1 Å². The summed E-state index contributed by atoms with van der Waals surface area (Å²) in [6.07, 6.45) is 1.81. The zero-order valence-corrected chi connectivity index (χ0v) is 15.4. The van der Waals surface area contributed by atoms with Crippen LogP contribution in [-0.4, -0.2) is 59.8 Å². The van der Waals surface area contributed by atoms with Crippen molar-refractivity contribution in [1.82, 2.24) is 20.0 Å². The van der Waals surface area contributed by atoms with Gasteiger partial charge in [0, 0.05) is 49.4 Å². The highest BCUT2D eigenvalue weighted by atomic mass is 19.1. The second-order valence-electron chi connectivity index (χ2n) is 7.16. The molecule has 3 rings (SSSR count). The summed E-state index contributed by atoms with van der Waals surface area (Å²) in [6.45, 7) is 8.41. The van der Waals surface area contributed by atoms with Crippen molar-refractivity contribution in [1.29, 1.82) is 0 Å². The second-order valence-corrected chi connectivity index (χ2v) is 7.16. The van der Waals surface area contributed by atoms with Crippen LogP contribution in [-0.2, 0) is 6.54 Å². The number of hydrogen-bond donors (Lipinski definition) is 1. The van der Waals surface area contributed by atoms with Gasteiger partial charge in [0.15, 0.2) is 0 Å². The monoisotopic (exact) mass is 346 g/mol. The molecule has 136 valence electrons. The van der Waals surface area contributed by atoms with Gasteiger partial charge in [0.1, 0.15) is 11.6 Å². The Balaban J connectivity index is 1.84. The lowest BCUT2D eigenvalue weighted by Crippen LogP contribution is -2.53. The lowest BCUT2D eigenvalue weighted by molar-refractivity contribution is 0.0572. The molecule has 1 N–H and O–H groups in total. The summed E-state index contributed by atoms with van der Waals surface area (Å²) in [7, 11) is 3.71. The molecule has 25 heavy (non-hydrogen) atoms. The van der Waals surface area contributed by atoms with E-state index < -0.39 is 0 Å². The van der Waals surface area contributed by atoms with Gasteiger partial charge in [-0.15, -0.1) is 0 Å². The lowest BCUT2D eigenvalue weighted by atomic mass is 9.98. The Bertz CT molecular complexity index is 715. The number of H-pyrrole nitrogens is 1. The Hall–Kier alpha value is -1.92. The number of methoxy groups -OCH3 is 1. The molecule has 1 aromatic carbocycles. The molecule has 5 nitrogen and oxygen atoms in total. The fourth-order valence-electron chi connectivity index (χ4n) is 3.53. The summed E-state index contributed by atoms with van der Waals surface area (Å²) in [5.41, 5.74) is 2.31. The Labute approximate surface area is 148 Å². The number of aromatic amines is 1. The fraction of sp³-hybridized carbons (Fsp3) is 0.526. The summed E-state index contributed by atoms with van der Waals surface area (Å²) in [5, 5.41) is 7.15. The van der Waals surface area contributed by atoms with Gasteiger partial charge in [-0.05, 0) is 25.1 Å². The van der Waals surface area contributed by atoms with Crippen LogP contribution < -0.4 is 4.74 Å². The molecule has 1 fully saturated rings. The number of likely N-dealkylation sites (N-methyl/N-ethyl adjacent to an activating group) is 1. The first-order valence-corrected chi connectivity index (χ1v) is 8.78. The third-order valence-electron chi connectivity index (χ3n) is 5.04. The molecule has 0 amide bonds.